The second-order valence-electron chi connectivity index (χ2n) is 6.84. The number of nitrogens with two attached hydrogens (primary N) is 1. The molecule has 0 radical (unpaired) electrons. The summed E-state index contributed by atoms with van der Waals surface area (Å²) < 4.78 is 0. The van der Waals surface area contributed by atoms with Crippen molar-refractivity contribution in [3.63, 3.8) is 0 Å². The van der Waals surface area contributed by atoms with Crippen LogP contribution in [0.15, 0.2) is 0 Å². The highest BCUT2D eigenvalue weighted by Crippen LogP contribution is 2.24. The van der Waals surface area contributed by atoms with Crippen LogP contribution in [0.1, 0.15) is 71.1 Å². The molecule has 2 rings (SSSR count). The molecule has 0 aromatic carbocycles. The minimum Gasteiger partial charge on any atom is -0.352 e. The van der Waals surface area contributed by atoms with Crippen LogP contribution < -0.4 is 11.1 Å². The first-order valence-corrected chi connectivity index (χ1v) is 8.98. The molecule has 2 fully saturated rings. The van der Waals surface area contributed by atoms with E-state index in [1.807, 2.05) is 0 Å². The second-order valence-corrected chi connectivity index (χ2v) is 6.84. The van der Waals surface area contributed by atoms with E-state index in [0.29, 0.717) is 18.6 Å². The normalized spacial score (nSPS) is 23.2. The summed E-state index contributed by atoms with van der Waals surface area (Å²) in [6, 6.07) is 0.910. The Labute approximate surface area is 129 Å². The topological polar surface area (TPSA) is 58.4 Å². The summed E-state index contributed by atoms with van der Waals surface area (Å²) in [5.41, 5.74) is 5.78. The maximum atomic E-state index is 12.6. The van der Waals surface area contributed by atoms with Crippen LogP contribution in [0.4, 0.5) is 0 Å². The van der Waals surface area contributed by atoms with E-state index in [1.54, 1.807) is 0 Å². The summed E-state index contributed by atoms with van der Waals surface area (Å²) >= 11 is 0. The molecule has 0 bridgehead atoms. The second kappa shape index (κ2) is 8.74. The Morgan fingerprint density at radius 3 is 2.24 bits per heavy atom. The standard InChI is InChI=1S/C17H33N3O/c1-14(17(21)19-15-8-4-2-5-9-15)20(13-12-18)16-10-6-3-7-11-16/h14-16H,2-13,18H2,1H3,(H,19,21). The van der Waals surface area contributed by atoms with Crippen LogP contribution in [0.25, 0.3) is 0 Å². The summed E-state index contributed by atoms with van der Waals surface area (Å²) in [7, 11) is 0. The van der Waals surface area contributed by atoms with Crippen molar-refractivity contribution in [2.45, 2.75) is 89.3 Å². The summed E-state index contributed by atoms with van der Waals surface area (Å²) in [4.78, 5) is 14.9. The number of carbonyl (C=O) groups excluding carboxylic acids is 1. The van der Waals surface area contributed by atoms with Gasteiger partial charge in [0.15, 0.2) is 0 Å². The zero-order valence-electron chi connectivity index (χ0n) is 13.7. The molecule has 3 N–H and O–H groups in total. The fourth-order valence-corrected chi connectivity index (χ4v) is 3.97. The molecule has 4 heteroatoms. The van der Waals surface area contributed by atoms with E-state index in [9.17, 15) is 4.79 Å². The molecule has 2 saturated carbocycles. The van der Waals surface area contributed by atoms with Crippen molar-refractivity contribution in [1.82, 2.24) is 10.2 Å². The molecule has 0 spiro atoms. The Bertz CT molecular complexity index is 309. The van der Waals surface area contributed by atoms with Crippen molar-refractivity contribution >= 4 is 5.91 Å². The first kappa shape index (κ1) is 16.8. The predicted molar refractivity (Wildman–Crippen MR) is 87.1 cm³/mol. The minimum absolute atomic E-state index is 0.0430. The largest absolute Gasteiger partial charge is 0.352 e. The van der Waals surface area contributed by atoms with E-state index in [4.69, 9.17) is 5.73 Å². The molecular formula is C17H33N3O. The Morgan fingerprint density at radius 2 is 1.67 bits per heavy atom. The Kier molecular flexibility index (Phi) is 6.97. The lowest BCUT2D eigenvalue weighted by atomic mass is 9.92. The molecule has 0 aliphatic heterocycles. The molecule has 1 unspecified atom stereocenters. The maximum Gasteiger partial charge on any atom is 0.237 e. The molecule has 2 aliphatic carbocycles. The van der Waals surface area contributed by atoms with E-state index >= 15 is 0 Å². The predicted octanol–water partition coefficient (Wildman–Crippen LogP) is 2.42. The lowest BCUT2D eigenvalue weighted by Gasteiger charge is -2.38. The number of amides is 1. The lowest BCUT2D eigenvalue weighted by molar-refractivity contribution is -0.128. The van der Waals surface area contributed by atoms with Crippen LogP contribution in [-0.2, 0) is 4.79 Å². The van der Waals surface area contributed by atoms with Crippen LogP contribution in [0.2, 0.25) is 0 Å². The first-order chi connectivity index (χ1) is 10.2. The van der Waals surface area contributed by atoms with Gasteiger partial charge in [0.2, 0.25) is 5.91 Å². The SMILES string of the molecule is CC(C(=O)NC1CCCCC1)N(CCN)C1CCCCC1. The average Bonchev–Trinajstić information content (AvgIpc) is 2.53. The van der Waals surface area contributed by atoms with Crippen molar-refractivity contribution in [3.05, 3.63) is 0 Å². The van der Waals surface area contributed by atoms with Gasteiger partial charge in [-0.25, -0.2) is 0 Å². The molecule has 21 heavy (non-hydrogen) atoms. The molecule has 0 aromatic rings. The zero-order valence-corrected chi connectivity index (χ0v) is 13.7. The van der Waals surface area contributed by atoms with Gasteiger partial charge in [0.1, 0.15) is 0 Å². The van der Waals surface area contributed by atoms with Crippen LogP contribution in [0.3, 0.4) is 0 Å². The van der Waals surface area contributed by atoms with Gasteiger partial charge in [-0.15, -0.1) is 0 Å². The molecule has 122 valence electrons. The van der Waals surface area contributed by atoms with Crippen molar-refractivity contribution in [3.8, 4) is 0 Å². The summed E-state index contributed by atoms with van der Waals surface area (Å²) in [5, 5.41) is 3.28. The van der Waals surface area contributed by atoms with Gasteiger partial charge in [0, 0.05) is 25.2 Å². The number of rotatable bonds is 6. The van der Waals surface area contributed by atoms with Crippen molar-refractivity contribution < 1.29 is 4.79 Å². The van der Waals surface area contributed by atoms with Crippen molar-refractivity contribution in [2.24, 2.45) is 5.73 Å². The van der Waals surface area contributed by atoms with Gasteiger partial charge in [0.05, 0.1) is 6.04 Å². The number of carbonyl (C=O) groups is 1. The fourth-order valence-electron chi connectivity index (χ4n) is 3.97. The van der Waals surface area contributed by atoms with Gasteiger partial charge in [-0.1, -0.05) is 38.5 Å². The Balaban J connectivity index is 1.89. The molecule has 1 amide bonds. The third-order valence-corrected chi connectivity index (χ3v) is 5.26. The molecule has 0 aromatic heterocycles. The third-order valence-electron chi connectivity index (χ3n) is 5.26. The van der Waals surface area contributed by atoms with Gasteiger partial charge >= 0.3 is 0 Å². The van der Waals surface area contributed by atoms with Gasteiger partial charge in [-0.2, -0.15) is 0 Å². The average molecular weight is 295 g/mol. The van der Waals surface area contributed by atoms with Gasteiger partial charge in [-0.05, 0) is 32.6 Å². The Hall–Kier alpha value is -0.610. The van der Waals surface area contributed by atoms with Gasteiger partial charge in [0.25, 0.3) is 0 Å². The zero-order chi connectivity index (χ0) is 15.1. The van der Waals surface area contributed by atoms with E-state index < -0.39 is 0 Å². The number of nitrogens with zero attached hydrogens (tertiary/aromatic N) is 1. The molecule has 1 atom stereocenters. The number of hydrogen-bond acceptors (Lipinski definition) is 3. The van der Waals surface area contributed by atoms with Gasteiger partial charge in [-0.3, -0.25) is 9.69 Å². The molecule has 4 nitrogen and oxygen atoms in total. The molecule has 2 aliphatic rings. The maximum absolute atomic E-state index is 12.6. The fraction of sp³-hybridized carbons (Fsp3) is 0.941. The van der Waals surface area contributed by atoms with Crippen LogP contribution in [0, 0.1) is 0 Å². The molecular weight excluding hydrogens is 262 g/mol. The summed E-state index contributed by atoms with van der Waals surface area (Å²) in [6.07, 6.45) is 12.5. The van der Waals surface area contributed by atoms with E-state index in [-0.39, 0.29) is 11.9 Å². The number of nitrogens with one attached hydrogen (secondary N) is 1. The Morgan fingerprint density at radius 1 is 1.10 bits per heavy atom. The molecule has 0 saturated heterocycles. The van der Waals surface area contributed by atoms with E-state index in [1.165, 1.54) is 51.4 Å². The minimum atomic E-state index is -0.0430. The van der Waals surface area contributed by atoms with Crippen LogP contribution in [-0.4, -0.2) is 42.0 Å². The summed E-state index contributed by atoms with van der Waals surface area (Å²) in [6.45, 7) is 3.53. The van der Waals surface area contributed by atoms with Crippen molar-refractivity contribution in [1.29, 1.82) is 0 Å². The highest BCUT2D eigenvalue weighted by Gasteiger charge is 2.29. The first-order valence-electron chi connectivity index (χ1n) is 8.98. The van der Waals surface area contributed by atoms with Crippen LogP contribution in [0.5, 0.6) is 0 Å². The highest BCUT2D eigenvalue weighted by atomic mass is 16.2. The molecule has 0 heterocycles. The monoisotopic (exact) mass is 295 g/mol. The van der Waals surface area contributed by atoms with Crippen molar-refractivity contribution in [2.75, 3.05) is 13.1 Å². The lowest BCUT2D eigenvalue weighted by Crippen LogP contribution is -2.53. The summed E-state index contributed by atoms with van der Waals surface area (Å²) in [5.74, 6) is 0.209. The highest BCUT2D eigenvalue weighted by molar-refractivity contribution is 5.81. The van der Waals surface area contributed by atoms with Gasteiger partial charge < -0.3 is 11.1 Å². The number of hydrogen-bond donors (Lipinski definition) is 2. The van der Waals surface area contributed by atoms with E-state index in [2.05, 4.69) is 17.1 Å². The third kappa shape index (κ3) is 4.96. The van der Waals surface area contributed by atoms with E-state index in [0.717, 1.165) is 19.4 Å². The van der Waals surface area contributed by atoms with Crippen LogP contribution >= 0.6 is 0 Å². The smallest absolute Gasteiger partial charge is 0.237 e. The quantitative estimate of drug-likeness (QED) is 0.791.